The predicted molar refractivity (Wildman–Crippen MR) is 242 cm³/mol. The van der Waals surface area contributed by atoms with Crippen molar-refractivity contribution >= 4 is 41.4 Å². The first-order valence-corrected chi connectivity index (χ1v) is 24.4. The number of hydrogen-bond acceptors (Lipinski definition) is 24. The van der Waals surface area contributed by atoms with Gasteiger partial charge in [0, 0.05) is 51.9 Å². The molecule has 0 aliphatic carbocycles. The van der Waals surface area contributed by atoms with E-state index in [1.54, 1.807) is 0 Å². The Kier molecular flexibility index (Phi) is 25.6. The lowest BCUT2D eigenvalue weighted by atomic mass is 10.0. The summed E-state index contributed by atoms with van der Waals surface area (Å²) in [5.74, 6) is -4.41. The standard InChI is InChI=1S/C44H74N6O23/c1-22-32(57)35(60)38(63)42(70-22)67-17-14-46-27(52)20-49(21-28(53)47-15-18-68-43-39(64)36(61)33(58)23(2)71-43)25(41(66)48-16-19-69-44-40(65)37(62)34(59)24(3)72-44)8-6-7-13-45-26(51)9-4-5-10-31(56)73-50-29(54)11-12-30(50)55/h22-25,32-40,42-44,57-65H,4-21H2,1-3H3,(H,45,51)(H,46,52)(H,47,53)(H,48,66)/t22-,23-,24-,25-,32+,33+,34+,35+,36+,37+,38-,39-,40-,42+,43+,44+/m0/s1. The summed E-state index contributed by atoms with van der Waals surface area (Å²) in [4.78, 5) is 95.2. The van der Waals surface area contributed by atoms with Gasteiger partial charge in [-0.05, 0) is 52.9 Å². The Morgan fingerprint density at radius 2 is 0.932 bits per heavy atom. The SMILES string of the molecule is C[C@@H]1O[C@@H](OCCNC(=O)CN(CC(=O)NCCO[C@@H]2O[C@@H](C)[C@@H](O)[C@@H](O)[C@@H]2O)[C@@H](CCCCNC(=O)CCCCC(=O)ON2C(=O)CCC2=O)C(=O)NCCO[C@@H]2O[C@@H](C)[C@@H](O)[C@@H](O)[C@@H]2O)[C@@H](O)[C@H](O)[C@@H]1O. The molecule has 16 atom stereocenters. The van der Waals surface area contributed by atoms with Crippen LogP contribution in [0.5, 0.6) is 0 Å². The topological polar surface area (TPSA) is 421 Å². The monoisotopic (exact) mass is 1050 g/mol. The number of aliphatic hydroxyl groups is 9. The van der Waals surface area contributed by atoms with Gasteiger partial charge in [0.2, 0.25) is 23.6 Å². The first-order chi connectivity index (χ1) is 34.6. The van der Waals surface area contributed by atoms with Gasteiger partial charge >= 0.3 is 5.97 Å². The van der Waals surface area contributed by atoms with Crippen molar-refractivity contribution in [2.45, 2.75) is 177 Å². The van der Waals surface area contributed by atoms with Crippen molar-refractivity contribution in [3.05, 3.63) is 0 Å². The fraction of sp³-hybridized carbons (Fsp3) is 0.841. The molecule has 418 valence electrons. The van der Waals surface area contributed by atoms with E-state index in [-0.39, 0.29) is 103 Å². The minimum atomic E-state index is -1.62. The number of aliphatic hydroxyl groups excluding tert-OH is 9. The predicted octanol–water partition coefficient (Wildman–Crippen LogP) is -7.01. The largest absolute Gasteiger partial charge is 0.388 e. The molecule has 0 unspecified atom stereocenters. The van der Waals surface area contributed by atoms with E-state index in [2.05, 4.69) is 21.3 Å². The lowest BCUT2D eigenvalue weighted by molar-refractivity contribution is -0.292. The number of carbonyl (C=O) groups is 7. The molecular formula is C44H74N6O23. The molecule has 0 bridgehead atoms. The molecule has 4 aliphatic heterocycles. The number of nitrogens with zero attached hydrogens (tertiary/aromatic N) is 2. The maximum Gasteiger partial charge on any atom is 0.333 e. The highest BCUT2D eigenvalue weighted by Gasteiger charge is 2.45. The van der Waals surface area contributed by atoms with Crippen LogP contribution in [0.4, 0.5) is 0 Å². The number of carbonyl (C=O) groups excluding carboxylic acids is 7. The van der Waals surface area contributed by atoms with Crippen molar-refractivity contribution in [3.63, 3.8) is 0 Å². The second-order valence-corrected chi connectivity index (χ2v) is 18.2. The maximum absolute atomic E-state index is 14.0. The van der Waals surface area contributed by atoms with Crippen LogP contribution in [0.3, 0.4) is 0 Å². The van der Waals surface area contributed by atoms with Crippen LogP contribution in [0.1, 0.15) is 78.6 Å². The van der Waals surface area contributed by atoms with Gasteiger partial charge in [0.1, 0.15) is 54.9 Å². The summed E-state index contributed by atoms with van der Waals surface area (Å²) in [5, 5.41) is 102. The van der Waals surface area contributed by atoms with Gasteiger partial charge in [-0.2, -0.15) is 0 Å². The molecule has 4 fully saturated rings. The molecule has 4 aliphatic rings. The van der Waals surface area contributed by atoms with Crippen LogP contribution in [0.15, 0.2) is 0 Å². The molecule has 4 heterocycles. The second-order valence-electron chi connectivity index (χ2n) is 18.2. The van der Waals surface area contributed by atoms with Gasteiger partial charge < -0.3 is 100 Å². The second kappa shape index (κ2) is 30.4. The summed E-state index contributed by atoms with van der Waals surface area (Å²) >= 11 is 0. The van der Waals surface area contributed by atoms with Gasteiger partial charge in [-0.3, -0.25) is 33.7 Å². The Bertz CT molecular complexity index is 1730. The molecule has 0 radical (unpaired) electrons. The molecule has 0 spiro atoms. The molecule has 4 rings (SSSR count). The number of unbranched alkanes of at least 4 members (excludes halogenated alkanes) is 2. The highest BCUT2D eigenvalue weighted by atomic mass is 16.7. The smallest absolute Gasteiger partial charge is 0.333 e. The molecule has 73 heavy (non-hydrogen) atoms. The van der Waals surface area contributed by atoms with Crippen molar-refractivity contribution in [1.29, 1.82) is 0 Å². The number of nitrogens with one attached hydrogen (secondary N) is 4. The number of amides is 6. The van der Waals surface area contributed by atoms with Gasteiger partial charge in [-0.1, -0.05) is 0 Å². The lowest BCUT2D eigenvalue weighted by Crippen LogP contribution is -2.58. The summed E-state index contributed by atoms with van der Waals surface area (Å²) in [6.07, 6.45) is -19.4. The lowest BCUT2D eigenvalue weighted by Gasteiger charge is -2.39. The molecule has 4 saturated heterocycles. The molecule has 0 aromatic rings. The van der Waals surface area contributed by atoms with E-state index < -0.39 is 147 Å². The normalized spacial score (nSPS) is 32.0. The van der Waals surface area contributed by atoms with E-state index in [1.807, 2.05) is 0 Å². The molecule has 6 amide bonds. The number of imide groups is 1. The van der Waals surface area contributed by atoms with Gasteiger partial charge in [0.05, 0.1) is 57.3 Å². The fourth-order valence-electron chi connectivity index (χ4n) is 8.03. The van der Waals surface area contributed by atoms with Crippen LogP contribution in [-0.2, 0) is 66.8 Å². The Labute approximate surface area is 420 Å². The molecule has 13 N–H and O–H groups in total. The van der Waals surface area contributed by atoms with Crippen LogP contribution in [-0.4, -0.2) is 255 Å². The highest BCUT2D eigenvalue weighted by Crippen LogP contribution is 2.24. The van der Waals surface area contributed by atoms with E-state index in [9.17, 15) is 79.5 Å². The number of ether oxygens (including phenoxy) is 6. The quantitative estimate of drug-likeness (QED) is 0.0245. The van der Waals surface area contributed by atoms with Crippen LogP contribution in [0, 0.1) is 0 Å². The molecule has 29 heteroatoms. The third-order valence-electron chi connectivity index (χ3n) is 12.4. The first kappa shape index (κ1) is 61.4. The van der Waals surface area contributed by atoms with Gasteiger partial charge in [0.15, 0.2) is 18.9 Å². The average Bonchev–Trinajstić information content (AvgIpc) is 3.67. The van der Waals surface area contributed by atoms with E-state index in [1.165, 1.54) is 25.7 Å². The minimum absolute atomic E-state index is 0.0120. The first-order valence-electron chi connectivity index (χ1n) is 24.4. The Morgan fingerprint density at radius 1 is 0.534 bits per heavy atom. The van der Waals surface area contributed by atoms with Crippen molar-refractivity contribution in [2.24, 2.45) is 0 Å². The third kappa shape index (κ3) is 18.9. The van der Waals surface area contributed by atoms with Crippen molar-refractivity contribution < 1.29 is 113 Å². The number of rotatable bonds is 29. The number of hydroxylamine groups is 2. The van der Waals surface area contributed by atoms with Gasteiger partial charge in [0.25, 0.3) is 11.8 Å². The minimum Gasteiger partial charge on any atom is -0.388 e. The van der Waals surface area contributed by atoms with E-state index >= 15 is 0 Å². The van der Waals surface area contributed by atoms with Crippen molar-refractivity contribution in [1.82, 2.24) is 31.2 Å². The van der Waals surface area contributed by atoms with Crippen LogP contribution < -0.4 is 21.3 Å². The molecule has 0 aromatic carbocycles. The summed E-state index contributed by atoms with van der Waals surface area (Å²) in [7, 11) is 0. The zero-order valence-electron chi connectivity index (χ0n) is 41.1. The fourth-order valence-corrected chi connectivity index (χ4v) is 8.03. The molecular weight excluding hydrogens is 981 g/mol. The zero-order chi connectivity index (χ0) is 53.9. The van der Waals surface area contributed by atoms with Crippen LogP contribution in [0.25, 0.3) is 0 Å². The van der Waals surface area contributed by atoms with Crippen LogP contribution in [0.2, 0.25) is 0 Å². The van der Waals surface area contributed by atoms with E-state index in [0.717, 1.165) is 0 Å². The molecule has 0 saturated carbocycles. The average molecular weight is 1060 g/mol. The van der Waals surface area contributed by atoms with Gasteiger partial charge in [-0.25, -0.2) is 4.79 Å². The van der Waals surface area contributed by atoms with Crippen molar-refractivity contribution in [3.8, 4) is 0 Å². The Hall–Kier alpha value is -4.15. The third-order valence-corrected chi connectivity index (χ3v) is 12.4. The summed E-state index contributed by atoms with van der Waals surface area (Å²) in [6.45, 7) is 2.14. The number of hydrogen-bond donors (Lipinski definition) is 13. The van der Waals surface area contributed by atoms with Crippen molar-refractivity contribution in [2.75, 3.05) is 59.1 Å². The summed E-state index contributed by atoms with van der Waals surface area (Å²) in [6, 6.07) is -1.21. The van der Waals surface area contributed by atoms with Gasteiger partial charge in [-0.15, -0.1) is 5.06 Å². The molecule has 0 aromatic heterocycles. The molecule has 29 nitrogen and oxygen atoms in total. The Morgan fingerprint density at radius 3 is 1.37 bits per heavy atom. The Balaban J connectivity index is 1.37. The highest BCUT2D eigenvalue weighted by molar-refractivity contribution is 6.01. The van der Waals surface area contributed by atoms with E-state index in [4.69, 9.17) is 33.3 Å². The van der Waals surface area contributed by atoms with E-state index in [0.29, 0.717) is 11.5 Å². The maximum atomic E-state index is 14.0. The summed E-state index contributed by atoms with van der Waals surface area (Å²) in [5.41, 5.74) is 0. The van der Waals surface area contributed by atoms with Crippen LogP contribution >= 0.6 is 0 Å². The summed E-state index contributed by atoms with van der Waals surface area (Å²) < 4.78 is 32.8. The zero-order valence-corrected chi connectivity index (χ0v) is 41.1.